The molecular formula is C13H20N2O3. The normalized spacial score (nSPS) is 12.4. The number of carboxylic acids is 1. The maximum atomic E-state index is 11.2. The van der Waals surface area contributed by atoms with Crippen molar-refractivity contribution in [3.63, 3.8) is 0 Å². The van der Waals surface area contributed by atoms with Gasteiger partial charge in [-0.25, -0.2) is 4.79 Å². The highest BCUT2D eigenvalue weighted by Crippen LogP contribution is 2.25. The number of anilines is 2. The van der Waals surface area contributed by atoms with Crippen LogP contribution in [0.25, 0.3) is 0 Å². The highest BCUT2D eigenvalue weighted by Gasteiger charge is 2.18. The Kier molecular flexibility index (Phi) is 4.97. The summed E-state index contributed by atoms with van der Waals surface area (Å²) in [5, 5.41) is 12.3. The minimum atomic E-state index is -0.996. The minimum Gasteiger partial charge on any atom is -0.478 e. The van der Waals surface area contributed by atoms with E-state index in [1.807, 2.05) is 13.8 Å². The molecule has 0 spiro atoms. The van der Waals surface area contributed by atoms with Crippen molar-refractivity contribution in [3.05, 3.63) is 23.8 Å². The van der Waals surface area contributed by atoms with E-state index < -0.39 is 5.97 Å². The predicted octanol–water partition coefficient (Wildman–Crippen LogP) is 2.05. The number of carbonyl (C=O) groups is 1. The van der Waals surface area contributed by atoms with Crippen LogP contribution in [-0.2, 0) is 4.74 Å². The molecule has 0 aliphatic heterocycles. The summed E-state index contributed by atoms with van der Waals surface area (Å²) in [7, 11) is 1.61. The molecule has 1 aromatic rings. The van der Waals surface area contributed by atoms with Gasteiger partial charge in [-0.15, -0.1) is 0 Å². The number of nitrogens with one attached hydrogen (secondary N) is 1. The minimum absolute atomic E-state index is 0.0119. The van der Waals surface area contributed by atoms with E-state index in [9.17, 15) is 4.79 Å². The first-order valence-electron chi connectivity index (χ1n) is 5.84. The number of hydrogen-bond donors (Lipinski definition) is 3. The van der Waals surface area contributed by atoms with Gasteiger partial charge in [0.1, 0.15) is 0 Å². The van der Waals surface area contributed by atoms with Crippen LogP contribution in [0, 0.1) is 5.92 Å². The lowest BCUT2D eigenvalue weighted by molar-refractivity contribution is 0.0697. The van der Waals surface area contributed by atoms with E-state index in [0.717, 1.165) is 0 Å². The second-order valence-electron chi connectivity index (χ2n) is 4.53. The average molecular weight is 252 g/mol. The van der Waals surface area contributed by atoms with E-state index in [1.54, 1.807) is 19.2 Å². The Balaban J connectivity index is 3.04. The van der Waals surface area contributed by atoms with E-state index in [-0.39, 0.29) is 11.6 Å². The third-order valence-electron chi connectivity index (χ3n) is 2.81. The number of nitrogens with two attached hydrogens (primary N) is 1. The Morgan fingerprint density at radius 1 is 1.50 bits per heavy atom. The number of methoxy groups -OCH3 is 1. The fourth-order valence-electron chi connectivity index (χ4n) is 1.68. The van der Waals surface area contributed by atoms with E-state index >= 15 is 0 Å². The van der Waals surface area contributed by atoms with Gasteiger partial charge in [-0.1, -0.05) is 19.9 Å². The molecule has 0 saturated carbocycles. The Morgan fingerprint density at radius 2 is 2.17 bits per heavy atom. The number of para-hydroxylation sites is 1. The molecule has 5 heteroatoms. The van der Waals surface area contributed by atoms with Crippen LogP contribution in [0.2, 0.25) is 0 Å². The molecule has 1 atom stereocenters. The van der Waals surface area contributed by atoms with Crippen LogP contribution >= 0.6 is 0 Å². The second kappa shape index (κ2) is 6.26. The Bertz CT molecular complexity index is 419. The summed E-state index contributed by atoms with van der Waals surface area (Å²) >= 11 is 0. The molecule has 1 aromatic carbocycles. The predicted molar refractivity (Wildman–Crippen MR) is 71.9 cm³/mol. The van der Waals surface area contributed by atoms with Crippen LogP contribution in [0.3, 0.4) is 0 Å². The maximum Gasteiger partial charge on any atom is 0.337 e. The van der Waals surface area contributed by atoms with Gasteiger partial charge in [0.15, 0.2) is 0 Å². The van der Waals surface area contributed by atoms with Crippen LogP contribution in [-0.4, -0.2) is 30.8 Å². The van der Waals surface area contributed by atoms with Crippen molar-refractivity contribution in [2.24, 2.45) is 5.92 Å². The summed E-state index contributed by atoms with van der Waals surface area (Å²) in [5.74, 6) is -0.698. The van der Waals surface area contributed by atoms with Gasteiger partial charge in [-0.2, -0.15) is 0 Å². The SMILES string of the molecule is COCC(Nc1c(N)cccc1C(=O)O)C(C)C. The summed E-state index contributed by atoms with van der Waals surface area (Å²) in [6.45, 7) is 4.57. The van der Waals surface area contributed by atoms with Crippen LogP contribution < -0.4 is 11.1 Å². The van der Waals surface area contributed by atoms with Crippen LogP contribution in [0.15, 0.2) is 18.2 Å². The highest BCUT2D eigenvalue weighted by molar-refractivity contribution is 5.97. The summed E-state index contributed by atoms with van der Waals surface area (Å²) in [6.07, 6.45) is 0. The van der Waals surface area contributed by atoms with Crippen molar-refractivity contribution in [1.29, 1.82) is 0 Å². The molecule has 0 bridgehead atoms. The number of hydrogen-bond acceptors (Lipinski definition) is 4. The number of benzene rings is 1. The molecule has 100 valence electrons. The van der Waals surface area contributed by atoms with Crippen LogP contribution in [0.5, 0.6) is 0 Å². The third-order valence-corrected chi connectivity index (χ3v) is 2.81. The number of nitrogen functional groups attached to an aromatic ring is 1. The van der Waals surface area contributed by atoms with E-state index in [1.165, 1.54) is 6.07 Å². The molecule has 18 heavy (non-hydrogen) atoms. The zero-order chi connectivity index (χ0) is 13.7. The van der Waals surface area contributed by atoms with Gasteiger partial charge >= 0.3 is 5.97 Å². The average Bonchev–Trinajstić information content (AvgIpc) is 2.30. The van der Waals surface area contributed by atoms with E-state index in [0.29, 0.717) is 23.9 Å². The molecule has 0 amide bonds. The molecule has 0 fully saturated rings. The molecule has 0 aliphatic rings. The standard InChI is InChI=1S/C13H20N2O3/c1-8(2)11(7-18-3)15-12-9(13(16)17)5-4-6-10(12)14/h4-6,8,11,15H,7,14H2,1-3H3,(H,16,17). The van der Waals surface area contributed by atoms with Gasteiger partial charge in [0.05, 0.1) is 29.6 Å². The summed E-state index contributed by atoms with van der Waals surface area (Å²) in [5.41, 5.74) is 6.90. The van der Waals surface area contributed by atoms with Crippen molar-refractivity contribution in [3.8, 4) is 0 Å². The van der Waals surface area contributed by atoms with Crippen LogP contribution in [0.4, 0.5) is 11.4 Å². The molecule has 0 aromatic heterocycles. The van der Waals surface area contributed by atoms with E-state index in [2.05, 4.69) is 5.32 Å². The molecule has 0 aliphatic carbocycles. The fraction of sp³-hybridized carbons (Fsp3) is 0.462. The lowest BCUT2D eigenvalue weighted by Crippen LogP contribution is -2.31. The summed E-state index contributed by atoms with van der Waals surface area (Å²) in [6, 6.07) is 4.85. The molecule has 0 heterocycles. The van der Waals surface area contributed by atoms with Crippen molar-refractivity contribution in [2.45, 2.75) is 19.9 Å². The largest absolute Gasteiger partial charge is 0.478 e. The lowest BCUT2D eigenvalue weighted by Gasteiger charge is -2.24. The lowest BCUT2D eigenvalue weighted by atomic mass is 10.0. The topological polar surface area (TPSA) is 84.6 Å². The second-order valence-corrected chi connectivity index (χ2v) is 4.53. The number of ether oxygens (including phenoxy) is 1. The quantitative estimate of drug-likeness (QED) is 0.675. The fourth-order valence-corrected chi connectivity index (χ4v) is 1.68. The summed E-state index contributed by atoms with van der Waals surface area (Å²) < 4.78 is 5.13. The van der Waals surface area contributed by atoms with Crippen molar-refractivity contribution >= 4 is 17.3 Å². The molecule has 5 nitrogen and oxygen atoms in total. The van der Waals surface area contributed by atoms with Gasteiger partial charge in [0.25, 0.3) is 0 Å². The first-order valence-corrected chi connectivity index (χ1v) is 5.84. The first-order chi connectivity index (χ1) is 8.47. The van der Waals surface area contributed by atoms with Gasteiger partial charge in [0.2, 0.25) is 0 Å². The molecular weight excluding hydrogens is 232 g/mol. The van der Waals surface area contributed by atoms with Gasteiger partial charge in [0, 0.05) is 7.11 Å². The Morgan fingerprint density at radius 3 is 2.67 bits per heavy atom. The number of aromatic carboxylic acids is 1. The molecule has 1 unspecified atom stereocenters. The first kappa shape index (κ1) is 14.3. The zero-order valence-electron chi connectivity index (χ0n) is 10.9. The Labute approximate surface area is 107 Å². The van der Waals surface area contributed by atoms with E-state index in [4.69, 9.17) is 15.6 Å². The molecule has 4 N–H and O–H groups in total. The van der Waals surface area contributed by atoms with Gasteiger partial charge in [-0.3, -0.25) is 0 Å². The van der Waals surface area contributed by atoms with Crippen molar-refractivity contribution in [1.82, 2.24) is 0 Å². The monoisotopic (exact) mass is 252 g/mol. The van der Waals surface area contributed by atoms with Crippen molar-refractivity contribution < 1.29 is 14.6 Å². The van der Waals surface area contributed by atoms with Gasteiger partial charge in [-0.05, 0) is 18.1 Å². The maximum absolute atomic E-state index is 11.2. The zero-order valence-corrected chi connectivity index (χ0v) is 10.9. The highest BCUT2D eigenvalue weighted by atomic mass is 16.5. The number of carboxylic acid groups (broad SMARTS) is 1. The Hall–Kier alpha value is -1.75. The number of rotatable bonds is 6. The van der Waals surface area contributed by atoms with Gasteiger partial charge < -0.3 is 20.9 Å². The third kappa shape index (κ3) is 3.37. The smallest absolute Gasteiger partial charge is 0.337 e. The molecule has 0 radical (unpaired) electrons. The molecule has 1 rings (SSSR count). The summed E-state index contributed by atoms with van der Waals surface area (Å²) in [4.78, 5) is 11.2. The molecule has 0 saturated heterocycles. The van der Waals surface area contributed by atoms with Crippen molar-refractivity contribution in [2.75, 3.05) is 24.8 Å². The van der Waals surface area contributed by atoms with Crippen LogP contribution in [0.1, 0.15) is 24.2 Å².